The van der Waals surface area contributed by atoms with Gasteiger partial charge in [0.2, 0.25) is 0 Å². The van der Waals surface area contributed by atoms with Crippen molar-refractivity contribution in [3.63, 3.8) is 0 Å². The van der Waals surface area contributed by atoms with Gasteiger partial charge in [-0.3, -0.25) is 0 Å². The van der Waals surface area contributed by atoms with Crippen molar-refractivity contribution >= 4 is 23.1 Å². The molecule has 50 valence electrons. The van der Waals surface area contributed by atoms with Crippen LogP contribution in [0.1, 0.15) is 33.6 Å². The average Bonchev–Trinajstić information content (AvgIpc) is 1.95. The Bertz CT molecular complexity index is 45.7. The first-order chi connectivity index (χ1) is 3.50. The first-order valence-corrected chi connectivity index (χ1v) is 3.02. The van der Waals surface area contributed by atoms with E-state index in [2.05, 4.69) is 6.42 Å². The molecule has 1 aliphatic carbocycles. The third-order valence-electron chi connectivity index (χ3n) is 0.289. The topological polar surface area (TPSA) is 23.1 Å². The molecule has 9 heavy (non-hydrogen) atoms. The molecule has 0 heterocycles. The van der Waals surface area contributed by atoms with Gasteiger partial charge in [-0.25, -0.2) is 12.8 Å². The molecule has 1 rings (SSSR count). The molecule has 1 fully saturated rings. The molecule has 0 atom stereocenters. The number of hydrogen-bond acceptors (Lipinski definition) is 1. The van der Waals surface area contributed by atoms with Gasteiger partial charge in [-0.1, -0.05) is 20.8 Å². The van der Waals surface area contributed by atoms with Crippen LogP contribution >= 0.6 is 0 Å². The average molecular weight is 138 g/mol. The van der Waals surface area contributed by atoms with Crippen molar-refractivity contribution in [3.8, 4) is 0 Å². The summed E-state index contributed by atoms with van der Waals surface area (Å²) < 4.78 is 0. The van der Waals surface area contributed by atoms with Crippen LogP contribution in [0.5, 0.6) is 0 Å². The second kappa shape index (κ2) is 5.51. The van der Waals surface area contributed by atoms with Crippen molar-refractivity contribution in [2.24, 2.45) is 0 Å². The Morgan fingerprint density at radius 1 is 1.22 bits per heavy atom. The van der Waals surface area contributed by atoms with E-state index in [4.69, 9.17) is 0 Å². The molecular formula is C7H14MgO. The summed E-state index contributed by atoms with van der Waals surface area (Å²) in [6.07, 6.45) is 5.00. The third kappa shape index (κ3) is 132. The van der Waals surface area contributed by atoms with Gasteiger partial charge in [0.15, 0.2) is 0 Å². The van der Waals surface area contributed by atoms with Crippen LogP contribution in [0.3, 0.4) is 0 Å². The summed E-state index contributed by atoms with van der Waals surface area (Å²) in [6.45, 7) is 4.90. The third-order valence-corrected chi connectivity index (χ3v) is 0.289. The number of hydrogen-bond donors (Lipinski definition) is 0. The molecule has 0 bridgehead atoms. The van der Waals surface area contributed by atoms with E-state index in [-0.39, 0.29) is 23.1 Å². The molecule has 2 heteroatoms. The minimum absolute atomic E-state index is 0. The summed E-state index contributed by atoms with van der Waals surface area (Å²) in [5, 5.41) is 10.1. The van der Waals surface area contributed by atoms with E-state index in [9.17, 15) is 5.11 Å². The normalized spacial score (nSPS) is 14.7. The summed E-state index contributed by atoms with van der Waals surface area (Å²) >= 11 is 0. The van der Waals surface area contributed by atoms with Crippen LogP contribution < -0.4 is 5.11 Å². The Balaban J connectivity index is 0. The van der Waals surface area contributed by atoms with Crippen LogP contribution in [0.15, 0.2) is 0 Å². The van der Waals surface area contributed by atoms with E-state index in [0.29, 0.717) is 0 Å². The van der Waals surface area contributed by atoms with Crippen molar-refractivity contribution in [2.45, 2.75) is 39.2 Å². The zero-order valence-corrected chi connectivity index (χ0v) is 8.02. The largest absolute Gasteiger partial charge is 2.00 e. The van der Waals surface area contributed by atoms with Crippen LogP contribution in [-0.4, -0.2) is 28.7 Å². The maximum atomic E-state index is 10.1. The zero-order chi connectivity index (χ0) is 6.62. The summed E-state index contributed by atoms with van der Waals surface area (Å²) in [5.74, 6) is 0. The van der Waals surface area contributed by atoms with Crippen LogP contribution in [0, 0.1) is 6.42 Å². The molecule has 0 amide bonds. The molecule has 0 aromatic rings. The van der Waals surface area contributed by atoms with Gasteiger partial charge < -0.3 is 11.5 Å². The van der Waals surface area contributed by atoms with Crippen molar-refractivity contribution in [2.75, 3.05) is 0 Å². The molecule has 0 spiro atoms. The van der Waals surface area contributed by atoms with Gasteiger partial charge in [0.05, 0.1) is 0 Å². The van der Waals surface area contributed by atoms with Gasteiger partial charge in [0, 0.05) is 0 Å². The summed E-state index contributed by atoms with van der Waals surface area (Å²) in [7, 11) is 0. The van der Waals surface area contributed by atoms with Crippen molar-refractivity contribution in [1.29, 1.82) is 0 Å². The zero-order valence-electron chi connectivity index (χ0n) is 6.61. The quantitative estimate of drug-likeness (QED) is 0.358. The van der Waals surface area contributed by atoms with E-state index in [1.807, 2.05) is 0 Å². The van der Waals surface area contributed by atoms with Gasteiger partial charge >= 0.3 is 23.1 Å². The van der Waals surface area contributed by atoms with Gasteiger partial charge in [-0.15, -0.1) is 5.60 Å². The van der Waals surface area contributed by atoms with Crippen LogP contribution in [0.2, 0.25) is 0 Å². The molecule has 0 aromatic heterocycles. The van der Waals surface area contributed by atoms with Crippen LogP contribution in [0.4, 0.5) is 0 Å². The minimum atomic E-state index is -0.750. The molecule has 0 aliphatic heterocycles. The maximum Gasteiger partial charge on any atom is 2.00 e. The second-order valence-corrected chi connectivity index (χ2v) is 2.98. The maximum absolute atomic E-state index is 10.1. The summed E-state index contributed by atoms with van der Waals surface area (Å²) in [6, 6.07) is 0. The van der Waals surface area contributed by atoms with Gasteiger partial charge in [-0.2, -0.15) is 0 Å². The van der Waals surface area contributed by atoms with Crippen molar-refractivity contribution in [3.05, 3.63) is 6.42 Å². The van der Waals surface area contributed by atoms with Gasteiger partial charge in [0.25, 0.3) is 0 Å². The fourth-order valence-corrected chi connectivity index (χ4v) is 0. The summed E-state index contributed by atoms with van der Waals surface area (Å²) in [4.78, 5) is 0. The van der Waals surface area contributed by atoms with Gasteiger partial charge in [0.1, 0.15) is 0 Å². The Kier molecular flexibility index (Phi) is 7.59. The van der Waals surface area contributed by atoms with E-state index in [1.165, 1.54) is 12.8 Å². The molecule has 1 saturated carbocycles. The minimum Gasteiger partial charge on any atom is -0.850 e. The molecule has 0 radical (unpaired) electrons. The smallest absolute Gasteiger partial charge is 0.850 e. The molecule has 0 saturated heterocycles. The fraction of sp³-hybridized carbons (Fsp3) is 0.857. The predicted molar refractivity (Wildman–Crippen MR) is 39.0 cm³/mol. The standard InChI is InChI=1S/C4H9O.C3H5.Mg/c1-4(2,3)5;1-2-3-1;/h1-3H3;1H,2-3H2;/q2*-1;+2. The first kappa shape index (κ1) is 12.4. The summed E-state index contributed by atoms with van der Waals surface area (Å²) in [5.41, 5.74) is -0.750. The van der Waals surface area contributed by atoms with Crippen LogP contribution in [-0.2, 0) is 0 Å². The second-order valence-electron chi connectivity index (χ2n) is 2.98. The molecular weight excluding hydrogens is 124 g/mol. The fourth-order valence-electron chi connectivity index (χ4n) is 0. The van der Waals surface area contributed by atoms with E-state index < -0.39 is 5.60 Å². The molecule has 0 N–H and O–H groups in total. The first-order valence-electron chi connectivity index (χ1n) is 3.02. The Morgan fingerprint density at radius 2 is 1.33 bits per heavy atom. The monoisotopic (exact) mass is 138 g/mol. The SMILES string of the molecule is CC(C)(C)[O-].[CH-]1CC1.[Mg+2]. The molecule has 1 aliphatic rings. The van der Waals surface area contributed by atoms with Gasteiger partial charge in [-0.05, 0) is 0 Å². The Hall–Kier alpha value is 0.726. The van der Waals surface area contributed by atoms with E-state index in [1.54, 1.807) is 20.8 Å². The molecule has 0 unspecified atom stereocenters. The van der Waals surface area contributed by atoms with E-state index >= 15 is 0 Å². The Labute approximate surface area is 74.0 Å². The van der Waals surface area contributed by atoms with Crippen molar-refractivity contribution < 1.29 is 5.11 Å². The Morgan fingerprint density at radius 3 is 1.33 bits per heavy atom. The van der Waals surface area contributed by atoms with Crippen molar-refractivity contribution in [1.82, 2.24) is 0 Å². The van der Waals surface area contributed by atoms with Crippen LogP contribution in [0.25, 0.3) is 0 Å². The molecule has 1 nitrogen and oxygen atoms in total. The predicted octanol–water partition coefficient (Wildman–Crippen LogP) is 0.749. The number of rotatable bonds is 0. The van der Waals surface area contributed by atoms with E-state index in [0.717, 1.165) is 0 Å². The molecule has 0 aromatic carbocycles.